The number of rotatable bonds is 3. The van der Waals surface area contributed by atoms with Crippen LogP contribution < -0.4 is 5.32 Å². The summed E-state index contributed by atoms with van der Waals surface area (Å²) in [5, 5.41) is 3.96. The van der Waals surface area contributed by atoms with Crippen LogP contribution in [-0.2, 0) is 11.3 Å². The van der Waals surface area contributed by atoms with E-state index in [4.69, 9.17) is 0 Å². The van der Waals surface area contributed by atoms with E-state index in [0.717, 1.165) is 16.5 Å². The van der Waals surface area contributed by atoms with Crippen molar-refractivity contribution in [1.82, 2.24) is 10.3 Å². The number of carbonyl (C=O) groups is 1. The van der Waals surface area contributed by atoms with Gasteiger partial charge in [-0.05, 0) is 11.6 Å². The predicted octanol–water partition coefficient (Wildman–Crippen LogP) is 2.26. The van der Waals surface area contributed by atoms with Crippen LogP contribution in [0.3, 0.4) is 0 Å². The number of aromatic nitrogens is 1. The van der Waals surface area contributed by atoms with Gasteiger partial charge < -0.3 is 5.32 Å². The number of benzene rings is 1. The van der Waals surface area contributed by atoms with Gasteiger partial charge in [0.1, 0.15) is 0 Å². The van der Waals surface area contributed by atoms with Crippen molar-refractivity contribution >= 4 is 16.8 Å². The number of para-hydroxylation sites is 1. The lowest BCUT2D eigenvalue weighted by atomic mass is 10.1. The molecule has 0 atom stereocenters. The van der Waals surface area contributed by atoms with Gasteiger partial charge in [-0.15, -0.1) is 0 Å². The minimum atomic E-state index is 0.0629. The van der Waals surface area contributed by atoms with Gasteiger partial charge in [0.15, 0.2) is 0 Å². The van der Waals surface area contributed by atoms with Gasteiger partial charge in [-0.3, -0.25) is 9.78 Å². The Bertz CT molecular complexity index is 503. The van der Waals surface area contributed by atoms with Crippen molar-refractivity contribution < 1.29 is 4.79 Å². The van der Waals surface area contributed by atoms with Crippen LogP contribution in [-0.4, -0.2) is 10.9 Å². The second kappa shape index (κ2) is 4.75. The molecule has 0 radical (unpaired) electrons. The summed E-state index contributed by atoms with van der Waals surface area (Å²) in [4.78, 5) is 15.5. The fraction of sp³-hybridized carbons (Fsp3) is 0.231. The fourth-order valence-electron chi connectivity index (χ4n) is 1.63. The molecule has 0 fully saturated rings. The highest BCUT2D eigenvalue weighted by Crippen LogP contribution is 2.15. The second-order valence-electron chi connectivity index (χ2n) is 3.62. The number of nitrogens with one attached hydrogen (secondary N) is 1. The quantitative estimate of drug-likeness (QED) is 0.851. The maximum Gasteiger partial charge on any atom is 0.219 e. The average Bonchev–Trinajstić information content (AvgIpc) is 2.35. The summed E-state index contributed by atoms with van der Waals surface area (Å²) in [7, 11) is 0. The molecule has 0 saturated heterocycles. The van der Waals surface area contributed by atoms with E-state index in [1.807, 2.05) is 37.3 Å². The Morgan fingerprint density at radius 2 is 2.12 bits per heavy atom. The second-order valence-corrected chi connectivity index (χ2v) is 3.62. The standard InChI is InChI=1S/C13H14N2O/c1-2-12(16)15-9-11-6-3-5-10-7-4-8-14-13(10)11/h3-8H,2,9H2,1H3,(H,15,16). The third-order valence-corrected chi connectivity index (χ3v) is 2.51. The van der Waals surface area contributed by atoms with Crippen molar-refractivity contribution in [2.24, 2.45) is 0 Å². The van der Waals surface area contributed by atoms with Gasteiger partial charge in [0.25, 0.3) is 0 Å². The molecule has 0 aliphatic rings. The Labute approximate surface area is 94.5 Å². The molecule has 3 heteroatoms. The molecule has 1 amide bonds. The highest BCUT2D eigenvalue weighted by Gasteiger charge is 2.02. The van der Waals surface area contributed by atoms with Crippen LogP contribution in [0.25, 0.3) is 10.9 Å². The molecule has 1 heterocycles. The molecule has 1 N–H and O–H groups in total. The summed E-state index contributed by atoms with van der Waals surface area (Å²) in [6.45, 7) is 2.39. The first kappa shape index (κ1) is 10.6. The maximum absolute atomic E-state index is 11.2. The van der Waals surface area contributed by atoms with E-state index >= 15 is 0 Å². The van der Waals surface area contributed by atoms with Crippen molar-refractivity contribution in [3.63, 3.8) is 0 Å². The highest BCUT2D eigenvalue weighted by molar-refractivity contribution is 5.82. The smallest absolute Gasteiger partial charge is 0.219 e. The van der Waals surface area contributed by atoms with Gasteiger partial charge >= 0.3 is 0 Å². The molecule has 0 aliphatic heterocycles. The van der Waals surface area contributed by atoms with Crippen LogP contribution in [0.2, 0.25) is 0 Å². The zero-order valence-corrected chi connectivity index (χ0v) is 9.23. The molecule has 0 unspecified atom stereocenters. The number of hydrogen-bond donors (Lipinski definition) is 1. The number of fused-ring (bicyclic) bond motifs is 1. The van der Waals surface area contributed by atoms with Crippen LogP contribution in [0.15, 0.2) is 36.5 Å². The first-order valence-corrected chi connectivity index (χ1v) is 5.40. The molecule has 1 aromatic carbocycles. The predicted molar refractivity (Wildman–Crippen MR) is 63.9 cm³/mol. The van der Waals surface area contributed by atoms with Gasteiger partial charge in [-0.2, -0.15) is 0 Å². The lowest BCUT2D eigenvalue weighted by molar-refractivity contribution is -0.120. The van der Waals surface area contributed by atoms with E-state index in [-0.39, 0.29) is 5.91 Å². The van der Waals surface area contributed by atoms with Crippen LogP contribution in [0.5, 0.6) is 0 Å². The van der Waals surface area contributed by atoms with Gasteiger partial charge in [-0.1, -0.05) is 31.2 Å². The Morgan fingerprint density at radius 1 is 1.31 bits per heavy atom. The normalized spacial score (nSPS) is 10.3. The lowest BCUT2D eigenvalue weighted by Gasteiger charge is -2.06. The molecule has 1 aromatic heterocycles. The van der Waals surface area contributed by atoms with Crippen LogP contribution in [0.4, 0.5) is 0 Å². The monoisotopic (exact) mass is 214 g/mol. The summed E-state index contributed by atoms with van der Waals surface area (Å²) >= 11 is 0. The molecule has 0 aliphatic carbocycles. The van der Waals surface area contributed by atoms with Crippen molar-refractivity contribution in [3.8, 4) is 0 Å². The molecule has 3 nitrogen and oxygen atoms in total. The zero-order chi connectivity index (χ0) is 11.4. The van der Waals surface area contributed by atoms with Crippen LogP contribution >= 0.6 is 0 Å². The van der Waals surface area contributed by atoms with E-state index in [9.17, 15) is 4.79 Å². The number of carbonyl (C=O) groups excluding carboxylic acids is 1. The minimum Gasteiger partial charge on any atom is -0.352 e. The molecule has 2 rings (SSSR count). The Kier molecular flexibility index (Phi) is 3.15. The first-order chi connectivity index (χ1) is 7.81. The third kappa shape index (κ3) is 2.19. The summed E-state index contributed by atoms with van der Waals surface area (Å²) in [5.41, 5.74) is 2.02. The molecular weight excluding hydrogens is 200 g/mol. The molecule has 2 aromatic rings. The SMILES string of the molecule is CCC(=O)NCc1cccc2cccnc12. The van der Waals surface area contributed by atoms with E-state index in [1.165, 1.54) is 0 Å². The molecule has 16 heavy (non-hydrogen) atoms. The maximum atomic E-state index is 11.2. The van der Waals surface area contributed by atoms with Crippen molar-refractivity contribution in [2.75, 3.05) is 0 Å². The average molecular weight is 214 g/mol. The number of pyridine rings is 1. The largest absolute Gasteiger partial charge is 0.352 e. The van der Waals surface area contributed by atoms with E-state index in [1.54, 1.807) is 6.20 Å². The summed E-state index contributed by atoms with van der Waals surface area (Å²) in [6, 6.07) is 9.93. The Balaban J connectivity index is 2.27. The van der Waals surface area contributed by atoms with Crippen LogP contribution in [0, 0.1) is 0 Å². The zero-order valence-electron chi connectivity index (χ0n) is 9.23. The first-order valence-electron chi connectivity index (χ1n) is 5.40. The highest BCUT2D eigenvalue weighted by atomic mass is 16.1. The third-order valence-electron chi connectivity index (χ3n) is 2.51. The molecule has 0 spiro atoms. The summed E-state index contributed by atoms with van der Waals surface area (Å²) < 4.78 is 0. The molecule has 0 bridgehead atoms. The summed E-state index contributed by atoms with van der Waals surface area (Å²) in [5.74, 6) is 0.0629. The Morgan fingerprint density at radius 3 is 2.94 bits per heavy atom. The van der Waals surface area contributed by atoms with E-state index in [2.05, 4.69) is 10.3 Å². The molecule has 0 saturated carbocycles. The topological polar surface area (TPSA) is 42.0 Å². The van der Waals surface area contributed by atoms with Gasteiger partial charge in [-0.25, -0.2) is 0 Å². The number of hydrogen-bond acceptors (Lipinski definition) is 2. The Hall–Kier alpha value is -1.90. The van der Waals surface area contributed by atoms with E-state index in [0.29, 0.717) is 13.0 Å². The van der Waals surface area contributed by atoms with E-state index < -0.39 is 0 Å². The molecule has 82 valence electrons. The molecular formula is C13H14N2O. The van der Waals surface area contributed by atoms with Crippen molar-refractivity contribution in [2.45, 2.75) is 19.9 Å². The number of nitrogens with zero attached hydrogens (tertiary/aromatic N) is 1. The van der Waals surface area contributed by atoms with Gasteiger partial charge in [0.05, 0.1) is 5.52 Å². The van der Waals surface area contributed by atoms with Gasteiger partial charge in [0, 0.05) is 24.5 Å². The number of amides is 1. The van der Waals surface area contributed by atoms with Crippen molar-refractivity contribution in [1.29, 1.82) is 0 Å². The van der Waals surface area contributed by atoms with Crippen LogP contribution in [0.1, 0.15) is 18.9 Å². The fourth-order valence-corrected chi connectivity index (χ4v) is 1.63. The summed E-state index contributed by atoms with van der Waals surface area (Å²) in [6.07, 6.45) is 2.28. The van der Waals surface area contributed by atoms with Gasteiger partial charge in [0.2, 0.25) is 5.91 Å². The van der Waals surface area contributed by atoms with Crippen molar-refractivity contribution in [3.05, 3.63) is 42.1 Å². The lowest BCUT2D eigenvalue weighted by Crippen LogP contribution is -2.21. The minimum absolute atomic E-state index is 0.0629.